The summed E-state index contributed by atoms with van der Waals surface area (Å²) in [6.45, 7) is 5.76. The highest BCUT2D eigenvalue weighted by Crippen LogP contribution is 2.34. The van der Waals surface area contributed by atoms with Gasteiger partial charge in [-0.25, -0.2) is 0 Å². The van der Waals surface area contributed by atoms with Gasteiger partial charge in [-0.05, 0) is 19.8 Å². The minimum atomic E-state index is -4.19. The molecule has 6 nitrogen and oxygen atoms in total. The number of unbranched alkanes of at least 4 members (excludes halogenated alkanes) is 8. The Morgan fingerprint density at radius 2 is 1.73 bits per heavy atom. The van der Waals surface area contributed by atoms with Crippen LogP contribution in [0.5, 0.6) is 0 Å². The zero-order chi connectivity index (χ0) is 19.3. The first-order valence-corrected chi connectivity index (χ1v) is 12.0. The summed E-state index contributed by atoms with van der Waals surface area (Å²) in [5.41, 5.74) is 0. The summed E-state index contributed by atoms with van der Waals surface area (Å²) in [5, 5.41) is 0. The van der Waals surface area contributed by atoms with Crippen molar-refractivity contribution in [2.75, 3.05) is 26.0 Å². The molecule has 0 aromatic heterocycles. The van der Waals surface area contributed by atoms with Crippen molar-refractivity contribution in [2.45, 2.75) is 96.4 Å². The fourth-order valence-electron chi connectivity index (χ4n) is 3.23. The molecular formula is C19H38O6P-. The van der Waals surface area contributed by atoms with Gasteiger partial charge >= 0.3 is 0 Å². The van der Waals surface area contributed by atoms with Crippen LogP contribution >= 0.6 is 7.60 Å². The van der Waals surface area contributed by atoms with Crippen LogP contribution in [0.2, 0.25) is 0 Å². The highest BCUT2D eigenvalue weighted by molar-refractivity contribution is 7.50. The maximum absolute atomic E-state index is 10.8. The van der Waals surface area contributed by atoms with Gasteiger partial charge in [0, 0.05) is 19.2 Å². The van der Waals surface area contributed by atoms with Crippen LogP contribution in [0.25, 0.3) is 0 Å². The summed E-state index contributed by atoms with van der Waals surface area (Å²) in [4.78, 5) is 19.6. The van der Waals surface area contributed by atoms with Crippen LogP contribution in [0.1, 0.15) is 84.5 Å². The van der Waals surface area contributed by atoms with Gasteiger partial charge < -0.3 is 28.6 Å². The molecule has 156 valence electrons. The van der Waals surface area contributed by atoms with E-state index in [2.05, 4.69) is 6.92 Å². The molecule has 0 aromatic rings. The van der Waals surface area contributed by atoms with E-state index < -0.39 is 13.4 Å². The van der Waals surface area contributed by atoms with Gasteiger partial charge in [-0.2, -0.15) is 0 Å². The van der Waals surface area contributed by atoms with Crippen molar-refractivity contribution in [1.29, 1.82) is 0 Å². The Balaban J connectivity index is 1.95. The number of hydrogen-bond acceptors (Lipinski definition) is 5. The van der Waals surface area contributed by atoms with Crippen LogP contribution in [0.4, 0.5) is 0 Å². The molecule has 1 N–H and O–H groups in total. The van der Waals surface area contributed by atoms with Gasteiger partial charge in [0.25, 0.3) is 0 Å². The molecule has 0 saturated carbocycles. The molecule has 1 heterocycles. The molecule has 1 saturated heterocycles. The summed E-state index contributed by atoms with van der Waals surface area (Å²) in [6.07, 6.45) is 12.1. The lowest BCUT2D eigenvalue weighted by molar-refractivity contribution is -0.194. The number of rotatable bonds is 16. The number of ether oxygens (including phenoxy) is 3. The van der Waals surface area contributed by atoms with E-state index >= 15 is 0 Å². The molecule has 0 aliphatic carbocycles. The zero-order valence-electron chi connectivity index (χ0n) is 16.6. The second-order valence-corrected chi connectivity index (χ2v) is 9.27. The summed E-state index contributed by atoms with van der Waals surface area (Å²) >= 11 is 0. The predicted molar refractivity (Wildman–Crippen MR) is 101 cm³/mol. The Morgan fingerprint density at radius 3 is 2.35 bits per heavy atom. The predicted octanol–water partition coefficient (Wildman–Crippen LogP) is 3.99. The summed E-state index contributed by atoms with van der Waals surface area (Å²) in [5.74, 6) is -0.777. The van der Waals surface area contributed by atoms with Crippen LogP contribution in [0, 0.1) is 0 Å². The lowest BCUT2D eigenvalue weighted by Crippen LogP contribution is -2.28. The van der Waals surface area contributed by atoms with Gasteiger partial charge in [-0.15, -0.1) is 0 Å². The van der Waals surface area contributed by atoms with Gasteiger partial charge in [-0.3, -0.25) is 0 Å². The second-order valence-electron chi connectivity index (χ2n) is 7.55. The highest BCUT2D eigenvalue weighted by Gasteiger charge is 2.36. The zero-order valence-corrected chi connectivity index (χ0v) is 17.5. The Labute approximate surface area is 159 Å². The average Bonchev–Trinajstić information content (AvgIpc) is 2.93. The topological polar surface area (TPSA) is 88.1 Å². The van der Waals surface area contributed by atoms with Gasteiger partial charge in [0.15, 0.2) is 5.79 Å². The first-order valence-electron chi connectivity index (χ1n) is 10.3. The van der Waals surface area contributed by atoms with Gasteiger partial charge in [0.1, 0.15) is 13.7 Å². The maximum atomic E-state index is 10.8. The van der Waals surface area contributed by atoms with E-state index in [4.69, 9.17) is 19.1 Å². The van der Waals surface area contributed by atoms with Crippen LogP contribution < -0.4 is 4.89 Å². The molecule has 1 aliphatic rings. The summed E-state index contributed by atoms with van der Waals surface area (Å²) in [7, 11) is -4.19. The van der Waals surface area contributed by atoms with Crippen LogP contribution in [0.15, 0.2) is 0 Å². The smallest absolute Gasteiger partial charge is 0.166 e. The van der Waals surface area contributed by atoms with Crippen molar-refractivity contribution in [2.24, 2.45) is 0 Å². The molecule has 26 heavy (non-hydrogen) atoms. The van der Waals surface area contributed by atoms with Crippen molar-refractivity contribution in [3.63, 3.8) is 0 Å². The van der Waals surface area contributed by atoms with E-state index in [-0.39, 0.29) is 12.3 Å². The van der Waals surface area contributed by atoms with Crippen molar-refractivity contribution in [3.8, 4) is 0 Å². The van der Waals surface area contributed by atoms with Gasteiger partial charge in [0.2, 0.25) is 0 Å². The van der Waals surface area contributed by atoms with E-state index in [1.165, 1.54) is 51.4 Å². The van der Waals surface area contributed by atoms with Crippen molar-refractivity contribution < 1.29 is 28.6 Å². The molecule has 0 bridgehead atoms. The minimum absolute atomic E-state index is 0.105. The second kappa shape index (κ2) is 13.2. The number of hydrogen-bond donors (Lipinski definition) is 1. The SMILES string of the molecule is CCCCCCCCCCCOCC1COC(C)(CCCP(=O)([O-])O)O1. The first-order chi connectivity index (χ1) is 12.3. The lowest BCUT2D eigenvalue weighted by Gasteiger charge is -2.24. The van der Waals surface area contributed by atoms with E-state index in [1.54, 1.807) is 6.92 Å². The Bertz CT molecular complexity index is 399. The maximum Gasteiger partial charge on any atom is 0.166 e. The van der Waals surface area contributed by atoms with Crippen LogP contribution in [0.3, 0.4) is 0 Å². The fraction of sp³-hybridized carbons (Fsp3) is 1.00. The Hall–Kier alpha value is 0.0300. The first kappa shape index (κ1) is 24.1. The standard InChI is InChI=1S/C19H39O6P/c1-3-4-5-6-7-8-9-10-11-14-23-16-18-17-24-19(2,25-18)13-12-15-26(20,21)22/h18H,3-17H2,1-2H3,(H2,20,21,22)/p-1. The van der Waals surface area contributed by atoms with Crippen LogP contribution in [-0.4, -0.2) is 42.8 Å². The third-order valence-electron chi connectivity index (χ3n) is 4.76. The van der Waals surface area contributed by atoms with E-state index in [0.29, 0.717) is 26.1 Å². The lowest BCUT2D eigenvalue weighted by atomic mass is 10.1. The molecule has 3 atom stereocenters. The Morgan fingerprint density at radius 1 is 1.12 bits per heavy atom. The van der Waals surface area contributed by atoms with Crippen molar-refractivity contribution in [1.82, 2.24) is 0 Å². The summed E-state index contributed by atoms with van der Waals surface area (Å²) in [6, 6.07) is 0. The monoisotopic (exact) mass is 393 g/mol. The third-order valence-corrected chi connectivity index (χ3v) is 5.64. The largest absolute Gasteiger partial charge is 0.779 e. The molecule has 3 unspecified atom stereocenters. The molecule has 0 aromatic carbocycles. The van der Waals surface area contributed by atoms with Gasteiger partial charge in [0.05, 0.1) is 13.2 Å². The van der Waals surface area contributed by atoms with E-state index in [1.807, 2.05) is 0 Å². The summed E-state index contributed by atoms with van der Waals surface area (Å²) < 4.78 is 28.0. The van der Waals surface area contributed by atoms with E-state index in [9.17, 15) is 9.46 Å². The fourth-order valence-corrected chi connectivity index (χ4v) is 3.79. The van der Waals surface area contributed by atoms with Crippen LogP contribution in [-0.2, 0) is 18.8 Å². The van der Waals surface area contributed by atoms with Crippen molar-refractivity contribution in [3.05, 3.63) is 0 Å². The third kappa shape index (κ3) is 12.4. The molecular weight excluding hydrogens is 355 g/mol. The molecule has 0 spiro atoms. The Kier molecular flexibility index (Phi) is 12.3. The highest BCUT2D eigenvalue weighted by atomic mass is 31.2. The molecule has 0 radical (unpaired) electrons. The quantitative estimate of drug-likeness (QED) is 0.315. The minimum Gasteiger partial charge on any atom is -0.779 e. The van der Waals surface area contributed by atoms with Gasteiger partial charge in [-0.1, -0.05) is 58.3 Å². The van der Waals surface area contributed by atoms with E-state index in [0.717, 1.165) is 13.0 Å². The average molecular weight is 393 g/mol. The molecule has 1 fully saturated rings. The molecule has 1 aliphatic heterocycles. The molecule has 7 heteroatoms. The van der Waals surface area contributed by atoms with Crippen molar-refractivity contribution >= 4 is 7.60 Å². The molecule has 0 amide bonds. The molecule has 1 rings (SSSR count). The normalized spacial score (nSPS) is 25.5.